The van der Waals surface area contributed by atoms with Gasteiger partial charge in [0.1, 0.15) is 0 Å². The van der Waals surface area contributed by atoms with E-state index < -0.39 is 39.1 Å². The molecule has 0 unspecified atom stereocenters. The molecule has 20 heteroatoms. The third-order valence-electron chi connectivity index (χ3n) is 1.08. The van der Waals surface area contributed by atoms with Gasteiger partial charge < -0.3 is 0 Å². The van der Waals surface area contributed by atoms with E-state index in [1.165, 1.54) is 22.6 Å². The summed E-state index contributed by atoms with van der Waals surface area (Å²) in [7, 11) is -34.1. The first-order valence-electron chi connectivity index (χ1n) is 3.69. The Balaban J connectivity index is 3.95. The summed E-state index contributed by atoms with van der Waals surface area (Å²) in [5.41, 5.74) is 0. The van der Waals surface area contributed by atoms with E-state index in [-0.39, 0.29) is 0 Å². The highest BCUT2D eigenvalue weighted by Crippen LogP contribution is 2.82. The van der Waals surface area contributed by atoms with Gasteiger partial charge in [-0.05, 0) is 0 Å². The molecule has 5 nitrogen and oxygen atoms in total. The topological polar surface area (TPSA) is 61.8 Å². The van der Waals surface area contributed by atoms with Gasteiger partial charge in [-0.2, -0.15) is 0 Å². The highest BCUT2D eigenvalue weighted by molar-refractivity contribution is 7.78. The molecule has 0 fully saturated rings. The Morgan fingerprint density at radius 2 is 0.400 bits per heavy atom. The lowest BCUT2D eigenvalue weighted by Gasteiger charge is -2.09. The van der Waals surface area contributed by atoms with E-state index in [0.29, 0.717) is 0 Å². The van der Waals surface area contributed by atoms with Crippen LogP contribution in [0.4, 0.5) is 42.0 Å². The molecule has 1 heterocycles. The predicted octanol–water partition coefficient (Wildman–Crippen LogP) is 9.43. The minimum absolute atomic E-state index is 1.21. The van der Waals surface area contributed by atoms with Gasteiger partial charge in [0.05, 0.1) is 0 Å². The van der Waals surface area contributed by atoms with E-state index in [9.17, 15) is 42.0 Å². The van der Waals surface area contributed by atoms with Crippen molar-refractivity contribution in [2.24, 2.45) is 22.6 Å². The average Bonchev–Trinajstić information content (AvgIpc) is 1.84. The maximum Gasteiger partial charge on any atom is 0.425 e. The van der Waals surface area contributed by atoms with Gasteiger partial charge in [-0.3, -0.25) is 0 Å². The zero-order valence-electron chi connectivity index (χ0n) is 8.25. The molecule has 1 aliphatic rings. The first-order chi connectivity index (χ1) is 8.54. The highest BCUT2D eigenvalue weighted by atomic mass is 31.3. The van der Waals surface area contributed by atoms with E-state index in [1.807, 2.05) is 0 Å². The van der Waals surface area contributed by atoms with Gasteiger partial charge in [0.15, 0.2) is 0 Å². The number of rotatable bonds is 0. The number of halogens is 10. The number of hydrogen-bond acceptors (Lipinski definition) is 5. The van der Waals surface area contributed by atoms with Crippen molar-refractivity contribution in [3.8, 4) is 0 Å². The Labute approximate surface area is 104 Å². The molecule has 0 amide bonds. The van der Waals surface area contributed by atoms with Crippen molar-refractivity contribution in [1.29, 1.82) is 0 Å². The third-order valence-corrected chi connectivity index (χ3v) is 9.69. The summed E-state index contributed by atoms with van der Waals surface area (Å²) in [6.07, 6.45) is 0. The number of nitrogens with zero attached hydrogens (tertiary/aromatic N) is 5. The minimum atomic E-state index is -6.82. The van der Waals surface area contributed by atoms with Crippen LogP contribution in [0, 0.1) is 0 Å². The molecule has 0 bridgehead atoms. The van der Waals surface area contributed by atoms with Crippen LogP contribution in [0.15, 0.2) is 22.6 Å². The van der Waals surface area contributed by atoms with Crippen LogP contribution in [-0.2, 0) is 0 Å². The molecular weight excluding hydrogens is 415 g/mol. The quantitative estimate of drug-likeness (QED) is 0.280. The zero-order chi connectivity index (χ0) is 16.0. The molecule has 1 aliphatic heterocycles. The molecule has 20 heavy (non-hydrogen) atoms. The Hall–Kier alpha value is 0.450. The SMILES string of the molecule is FP1(F)=NP(F)(F)=NP(F)(F)=NP(F)(F)=NP(F)(F)=N1. The first kappa shape index (κ1) is 18.5. The average molecular weight is 415 g/mol. The maximum atomic E-state index is 12.7. The smallest absolute Gasteiger partial charge is 0.149 e. The molecule has 0 N–H and O–H groups in total. The monoisotopic (exact) mass is 415 g/mol. The lowest BCUT2D eigenvalue weighted by atomic mass is 13.8. The van der Waals surface area contributed by atoms with Crippen molar-refractivity contribution < 1.29 is 42.0 Å². The van der Waals surface area contributed by atoms with Gasteiger partial charge >= 0.3 is 39.1 Å². The standard InChI is InChI=1S/F10N5P5/c1-16(2)11-17(3,4)13-19(7,8)15-20(9,10)14-18(5,6)12-16. The van der Waals surface area contributed by atoms with E-state index in [0.717, 1.165) is 0 Å². The Morgan fingerprint density at radius 3 is 0.500 bits per heavy atom. The van der Waals surface area contributed by atoms with Crippen LogP contribution >= 0.6 is 39.1 Å². The molecule has 0 atom stereocenters. The Morgan fingerprint density at radius 1 is 0.300 bits per heavy atom. The molecular formula is F10N5P5. The van der Waals surface area contributed by atoms with Gasteiger partial charge in [0.2, 0.25) is 0 Å². The van der Waals surface area contributed by atoms with Gasteiger partial charge in [0.25, 0.3) is 0 Å². The lowest BCUT2D eigenvalue weighted by Crippen LogP contribution is -1.67. The lowest BCUT2D eigenvalue weighted by molar-refractivity contribution is 0.680. The maximum absolute atomic E-state index is 12.7. The molecule has 0 aliphatic carbocycles. The van der Waals surface area contributed by atoms with E-state index >= 15 is 0 Å². The summed E-state index contributed by atoms with van der Waals surface area (Å²) in [5.74, 6) is 0. The molecule has 0 aromatic rings. The second-order valence-corrected chi connectivity index (χ2v) is 10.9. The molecule has 0 aromatic carbocycles. The molecule has 120 valence electrons. The molecule has 0 aromatic heterocycles. The second kappa shape index (κ2) is 5.27. The van der Waals surface area contributed by atoms with Crippen LogP contribution < -0.4 is 0 Å². The van der Waals surface area contributed by atoms with Crippen LogP contribution in [0.1, 0.15) is 0 Å². The predicted molar refractivity (Wildman–Crippen MR) is 57.8 cm³/mol. The fraction of sp³-hybridized carbons (Fsp3) is 0. The molecule has 0 radical (unpaired) electrons. The van der Waals surface area contributed by atoms with Crippen LogP contribution in [0.25, 0.3) is 0 Å². The van der Waals surface area contributed by atoms with Gasteiger partial charge in [-0.25, -0.2) is 0 Å². The fourth-order valence-electron chi connectivity index (χ4n) is 0.737. The second-order valence-electron chi connectivity index (χ2n) is 2.73. The van der Waals surface area contributed by atoms with Crippen LogP contribution in [0.5, 0.6) is 0 Å². The third kappa shape index (κ3) is 6.06. The number of hydrogen-bond donors (Lipinski definition) is 0. The van der Waals surface area contributed by atoms with Crippen molar-refractivity contribution in [1.82, 2.24) is 0 Å². The van der Waals surface area contributed by atoms with Crippen LogP contribution in [0.3, 0.4) is 0 Å². The molecule has 0 saturated heterocycles. The summed E-state index contributed by atoms with van der Waals surface area (Å²) < 4.78 is 133. The summed E-state index contributed by atoms with van der Waals surface area (Å²) >= 11 is 0. The Kier molecular flexibility index (Phi) is 4.87. The molecule has 0 spiro atoms. The fourth-order valence-corrected chi connectivity index (χ4v) is 8.24. The van der Waals surface area contributed by atoms with Crippen LogP contribution in [0.2, 0.25) is 0 Å². The molecule has 0 saturated carbocycles. The zero-order valence-corrected chi connectivity index (χ0v) is 12.7. The van der Waals surface area contributed by atoms with Gasteiger partial charge in [0, 0.05) is 0 Å². The van der Waals surface area contributed by atoms with Crippen molar-refractivity contribution >= 4 is 39.1 Å². The van der Waals surface area contributed by atoms with Crippen molar-refractivity contribution in [2.45, 2.75) is 0 Å². The largest absolute Gasteiger partial charge is 0.425 e. The van der Waals surface area contributed by atoms with Gasteiger partial charge in [-0.15, -0.1) is 64.5 Å². The van der Waals surface area contributed by atoms with Crippen molar-refractivity contribution in [2.75, 3.05) is 0 Å². The normalized spacial score (nSPS) is 29.5. The summed E-state index contributed by atoms with van der Waals surface area (Å²) in [6.45, 7) is 0. The summed E-state index contributed by atoms with van der Waals surface area (Å²) in [4.78, 5) is 0. The Bertz CT molecular complexity index is 502. The first-order valence-corrected chi connectivity index (χ1v) is 11.1. The summed E-state index contributed by atoms with van der Waals surface area (Å²) in [6, 6.07) is 0. The van der Waals surface area contributed by atoms with Crippen LogP contribution in [-0.4, -0.2) is 0 Å². The summed E-state index contributed by atoms with van der Waals surface area (Å²) in [5, 5.41) is 0. The minimum Gasteiger partial charge on any atom is -0.149 e. The van der Waals surface area contributed by atoms with Crippen molar-refractivity contribution in [3.05, 3.63) is 0 Å². The van der Waals surface area contributed by atoms with Crippen molar-refractivity contribution in [3.63, 3.8) is 0 Å². The van der Waals surface area contributed by atoms with E-state index in [2.05, 4.69) is 0 Å². The highest BCUT2D eigenvalue weighted by Gasteiger charge is 2.39. The van der Waals surface area contributed by atoms with Gasteiger partial charge in [-0.1, -0.05) is 0 Å². The molecule has 1 rings (SSSR count). The van der Waals surface area contributed by atoms with E-state index in [1.54, 1.807) is 0 Å². The van der Waals surface area contributed by atoms with E-state index in [4.69, 9.17) is 0 Å².